The molecule has 8 rings (SSSR count). The zero-order valence-electron chi connectivity index (χ0n) is 37.7. The minimum Gasteiger partial charge on any atom is -0.491 e. The van der Waals surface area contributed by atoms with Gasteiger partial charge in [-0.1, -0.05) is 45.7 Å². The summed E-state index contributed by atoms with van der Waals surface area (Å²) in [5.41, 5.74) is -0.473. The molecule has 4 heterocycles. The Morgan fingerprint density at radius 3 is 2.44 bits per heavy atom. The van der Waals surface area contributed by atoms with E-state index in [0.29, 0.717) is 89.9 Å². The van der Waals surface area contributed by atoms with Crippen LogP contribution in [-0.2, 0) is 19.1 Å². The Kier molecular flexibility index (Phi) is 13.9. The summed E-state index contributed by atoms with van der Waals surface area (Å²) >= 11 is 8.58. The van der Waals surface area contributed by atoms with Crippen LogP contribution in [0.2, 0.25) is 5.02 Å². The molecule has 0 spiro atoms. The minimum absolute atomic E-state index is 0.00707. The fourth-order valence-corrected chi connectivity index (χ4v) is 11.0. The number of benzene rings is 1. The smallest absolute Gasteiger partial charge is 0.408 e. The van der Waals surface area contributed by atoms with E-state index < -0.39 is 53.3 Å². The molecule has 64 heavy (non-hydrogen) atoms. The zero-order valence-corrected chi connectivity index (χ0v) is 39.3. The van der Waals surface area contributed by atoms with Crippen molar-refractivity contribution in [1.29, 1.82) is 0 Å². The third kappa shape index (κ3) is 10.0. The second-order valence-corrected chi connectivity index (χ2v) is 20.9. The highest BCUT2D eigenvalue weighted by Crippen LogP contribution is 2.52. The Hall–Kier alpha value is -4.00. The van der Waals surface area contributed by atoms with Crippen LogP contribution >= 0.6 is 22.9 Å². The van der Waals surface area contributed by atoms with Gasteiger partial charge in [0, 0.05) is 48.9 Å². The molecule has 3 aromatic rings. The number of aliphatic hydroxyl groups excluding tert-OH is 1. The molecule has 7 atom stereocenters. The van der Waals surface area contributed by atoms with Crippen LogP contribution in [0, 0.1) is 23.2 Å². The predicted octanol–water partition coefficient (Wildman–Crippen LogP) is 5.82. The standard InChI is InChI=1S/C46H64ClN7O9S/c1-7-28-10-11-46(28,42(57)58)52-40(55)34-21-30(23-54(34)41(56)39(45(4,5)6)51-44(59)63-29-19-26-18-27(26)20-29)62-36-22-32(33-24-64-43(50-33)48-25(2)3)49-38-31(36)8-9-35(37(38)47)61-17-14-53-12-15-60-16-13-53/h8-9,22,24-30,34,39,42,57-58H,7,10-21,23H2,1-6H3,(H,48,50)(H,51,59)(H,52,55). The van der Waals surface area contributed by atoms with E-state index in [4.69, 9.17) is 40.5 Å². The van der Waals surface area contributed by atoms with Gasteiger partial charge in [-0.05, 0) is 81.3 Å². The van der Waals surface area contributed by atoms with Gasteiger partial charge < -0.3 is 50.0 Å². The van der Waals surface area contributed by atoms with Gasteiger partial charge >= 0.3 is 6.09 Å². The molecule has 2 aromatic heterocycles. The third-order valence-corrected chi connectivity index (χ3v) is 14.9. The first kappa shape index (κ1) is 46.5. The summed E-state index contributed by atoms with van der Waals surface area (Å²) in [4.78, 5) is 56.4. The Morgan fingerprint density at radius 1 is 1.03 bits per heavy atom. The van der Waals surface area contributed by atoms with Crippen molar-refractivity contribution in [1.82, 2.24) is 30.4 Å². The van der Waals surface area contributed by atoms with E-state index in [1.807, 2.05) is 53.0 Å². The van der Waals surface area contributed by atoms with E-state index >= 15 is 0 Å². The molecule has 350 valence electrons. The van der Waals surface area contributed by atoms with E-state index in [1.54, 1.807) is 12.1 Å². The van der Waals surface area contributed by atoms with Crippen LogP contribution in [0.15, 0.2) is 23.6 Å². The highest BCUT2D eigenvalue weighted by atomic mass is 35.5. The molecular formula is C46H64ClN7O9S. The van der Waals surface area contributed by atoms with E-state index in [9.17, 15) is 24.6 Å². The first-order chi connectivity index (χ1) is 30.5. The molecule has 1 aromatic carbocycles. The van der Waals surface area contributed by atoms with Crippen molar-refractivity contribution in [2.45, 2.75) is 129 Å². The van der Waals surface area contributed by atoms with Crippen LogP contribution in [-0.4, -0.2) is 136 Å². The second-order valence-electron chi connectivity index (χ2n) is 19.6. The number of ether oxygens (including phenoxy) is 4. The molecule has 3 amide bonds. The lowest BCUT2D eigenvalue weighted by Crippen LogP contribution is -2.69. The summed E-state index contributed by atoms with van der Waals surface area (Å²) in [6.45, 7) is 15.7. The lowest BCUT2D eigenvalue weighted by molar-refractivity contribution is -0.172. The Bertz CT molecular complexity index is 2170. The van der Waals surface area contributed by atoms with Gasteiger partial charge in [-0.15, -0.1) is 11.3 Å². The van der Waals surface area contributed by atoms with Crippen LogP contribution in [0.5, 0.6) is 11.5 Å². The number of aromatic nitrogens is 2. The minimum atomic E-state index is -1.80. The number of alkyl carbamates (subject to hydrolysis) is 1. The molecule has 5 N–H and O–H groups in total. The van der Waals surface area contributed by atoms with Crippen LogP contribution in [0.3, 0.4) is 0 Å². The van der Waals surface area contributed by atoms with Gasteiger partial charge in [-0.25, -0.2) is 14.8 Å². The molecule has 5 fully saturated rings. The van der Waals surface area contributed by atoms with E-state index in [-0.39, 0.29) is 31.0 Å². The van der Waals surface area contributed by atoms with Crippen LogP contribution in [0.25, 0.3) is 22.3 Å². The number of rotatable bonds is 16. The number of aliphatic hydroxyl groups is 2. The number of morpholine rings is 1. The molecule has 2 saturated heterocycles. The highest BCUT2D eigenvalue weighted by Gasteiger charge is 2.54. The molecule has 3 aliphatic carbocycles. The third-order valence-electron chi connectivity index (χ3n) is 13.7. The molecule has 3 saturated carbocycles. The van der Waals surface area contributed by atoms with Gasteiger partial charge in [-0.2, -0.15) is 0 Å². The molecule has 0 radical (unpaired) electrons. The Morgan fingerprint density at radius 2 is 1.78 bits per heavy atom. The molecule has 5 aliphatic rings. The van der Waals surface area contributed by atoms with Gasteiger partial charge in [0.1, 0.15) is 53.1 Å². The first-order valence-corrected chi connectivity index (χ1v) is 24.2. The fourth-order valence-electron chi connectivity index (χ4n) is 9.90. The van der Waals surface area contributed by atoms with E-state index in [2.05, 4.69) is 20.9 Å². The summed E-state index contributed by atoms with van der Waals surface area (Å²) in [6, 6.07) is 3.48. The first-order valence-electron chi connectivity index (χ1n) is 22.9. The van der Waals surface area contributed by atoms with E-state index in [0.717, 1.165) is 37.5 Å². The SMILES string of the molecule is CCC1CCC1(NC(=O)C1CC(Oc2cc(-c3csc(NC(C)C)n3)nc3c(Cl)c(OCCN4CCOCC4)ccc23)CN1C(=O)C(NC(=O)OC1CC2CC2C1)C(C)(C)C)C(O)O. The molecule has 2 aliphatic heterocycles. The van der Waals surface area contributed by atoms with Crippen molar-refractivity contribution >= 4 is 56.9 Å². The number of pyridine rings is 1. The van der Waals surface area contributed by atoms with Gasteiger partial charge in [0.2, 0.25) is 11.8 Å². The number of hydrogen-bond acceptors (Lipinski definition) is 14. The number of nitrogens with zero attached hydrogens (tertiary/aromatic N) is 4. The number of amides is 3. The summed E-state index contributed by atoms with van der Waals surface area (Å²) < 4.78 is 24.4. The number of carbonyl (C=O) groups is 3. The summed E-state index contributed by atoms with van der Waals surface area (Å²) in [5, 5.41) is 34.0. The van der Waals surface area contributed by atoms with Crippen molar-refractivity contribution in [3.05, 3.63) is 28.6 Å². The number of carbonyl (C=O) groups excluding carboxylic acids is 3. The van der Waals surface area contributed by atoms with Gasteiger partial charge in [0.15, 0.2) is 11.4 Å². The van der Waals surface area contributed by atoms with Crippen molar-refractivity contribution in [2.24, 2.45) is 23.2 Å². The number of nitrogens with one attached hydrogen (secondary N) is 3. The average Bonchev–Trinajstić information content (AvgIpc) is 3.54. The number of thiazole rings is 1. The summed E-state index contributed by atoms with van der Waals surface area (Å²) in [5.74, 6) is 0.944. The quantitative estimate of drug-likeness (QED) is 0.108. The predicted molar refractivity (Wildman–Crippen MR) is 244 cm³/mol. The number of halogens is 1. The zero-order chi connectivity index (χ0) is 45.5. The molecular weight excluding hydrogens is 862 g/mol. The van der Waals surface area contributed by atoms with Gasteiger partial charge in [0.25, 0.3) is 0 Å². The molecule has 7 unspecified atom stereocenters. The summed E-state index contributed by atoms with van der Waals surface area (Å²) in [6.07, 6.45) is 1.28. The fraction of sp³-hybridized carbons (Fsp3) is 0.674. The van der Waals surface area contributed by atoms with Crippen molar-refractivity contribution in [2.75, 3.05) is 51.3 Å². The lowest BCUT2D eigenvalue weighted by atomic mass is 9.64. The van der Waals surface area contributed by atoms with Crippen LogP contribution in [0.1, 0.15) is 86.5 Å². The van der Waals surface area contributed by atoms with Crippen molar-refractivity contribution in [3.8, 4) is 22.9 Å². The second kappa shape index (κ2) is 19.1. The van der Waals surface area contributed by atoms with Gasteiger partial charge in [-0.3, -0.25) is 14.5 Å². The average molecular weight is 927 g/mol. The van der Waals surface area contributed by atoms with Crippen molar-refractivity contribution in [3.63, 3.8) is 0 Å². The number of anilines is 1. The molecule has 0 bridgehead atoms. The van der Waals surface area contributed by atoms with Crippen molar-refractivity contribution < 1.29 is 43.5 Å². The topological polar surface area (TPSA) is 197 Å². The van der Waals surface area contributed by atoms with E-state index in [1.165, 1.54) is 22.7 Å². The highest BCUT2D eigenvalue weighted by molar-refractivity contribution is 7.14. The maximum atomic E-state index is 14.9. The largest absolute Gasteiger partial charge is 0.491 e. The lowest BCUT2D eigenvalue weighted by Gasteiger charge is -2.51. The summed E-state index contributed by atoms with van der Waals surface area (Å²) in [7, 11) is 0. The van der Waals surface area contributed by atoms with Crippen LogP contribution in [0.4, 0.5) is 9.93 Å². The number of fused-ring (bicyclic) bond motifs is 2. The van der Waals surface area contributed by atoms with Gasteiger partial charge in [0.05, 0.1) is 36.5 Å². The molecule has 16 nitrogen and oxygen atoms in total. The normalized spacial score (nSPS) is 27.3. The Labute approximate surface area is 384 Å². The molecule has 18 heteroatoms. The maximum Gasteiger partial charge on any atom is 0.408 e. The van der Waals surface area contributed by atoms with Crippen LogP contribution < -0.4 is 25.4 Å². The monoisotopic (exact) mass is 925 g/mol. The number of likely N-dealkylation sites (tertiary alicyclic amines) is 1. The number of hydrogen-bond donors (Lipinski definition) is 5. The maximum absolute atomic E-state index is 14.9. The Balaban J connectivity index is 1.10.